The van der Waals surface area contributed by atoms with Gasteiger partial charge in [-0.15, -0.1) is 0 Å². The number of hydrazone groups is 1. The molecule has 1 aromatic carbocycles. The Kier molecular flexibility index (Phi) is 3.66. The summed E-state index contributed by atoms with van der Waals surface area (Å²) >= 11 is 1.58. The highest BCUT2D eigenvalue weighted by molar-refractivity contribution is 7.08. The number of para-hydroxylation sites is 1. The fourth-order valence-electron chi connectivity index (χ4n) is 2.83. The van der Waals surface area contributed by atoms with E-state index in [1.54, 1.807) is 35.6 Å². The Hall–Kier alpha value is -2.86. The molecule has 1 unspecified atom stereocenters. The van der Waals surface area contributed by atoms with E-state index in [4.69, 9.17) is 4.42 Å². The van der Waals surface area contributed by atoms with Crippen LogP contribution < -0.4 is 0 Å². The first-order valence-electron chi connectivity index (χ1n) is 7.49. The number of hydrogen-bond acceptors (Lipinski definition) is 5. The molecule has 0 spiro atoms. The number of furan rings is 1. The molecule has 3 heterocycles. The lowest BCUT2D eigenvalue weighted by atomic mass is 9.99. The molecule has 0 bridgehead atoms. The Morgan fingerprint density at radius 1 is 1.25 bits per heavy atom. The summed E-state index contributed by atoms with van der Waals surface area (Å²) in [7, 11) is 0. The maximum atomic E-state index is 12.8. The van der Waals surface area contributed by atoms with E-state index in [1.165, 1.54) is 11.3 Å². The second-order valence-corrected chi connectivity index (χ2v) is 6.24. The maximum absolute atomic E-state index is 12.8. The van der Waals surface area contributed by atoms with Crippen LogP contribution in [0.15, 0.2) is 69.0 Å². The van der Waals surface area contributed by atoms with Gasteiger partial charge >= 0.3 is 5.91 Å². The van der Waals surface area contributed by atoms with E-state index in [0.717, 1.165) is 11.3 Å². The van der Waals surface area contributed by atoms with Crippen LogP contribution in [0.25, 0.3) is 0 Å². The van der Waals surface area contributed by atoms with Crippen molar-refractivity contribution in [2.75, 3.05) is 0 Å². The molecule has 0 radical (unpaired) electrons. The predicted octanol–water partition coefficient (Wildman–Crippen LogP) is 4.04. The second-order valence-electron chi connectivity index (χ2n) is 5.46. The minimum absolute atomic E-state index is 0.154. The number of nitrogens with zero attached hydrogens (tertiary/aromatic N) is 2. The van der Waals surface area contributed by atoms with Crippen molar-refractivity contribution in [3.8, 4) is 5.75 Å². The number of thiophene rings is 1. The Bertz CT molecular complexity index is 885. The molecule has 1 atom stereocenters. The van der Waals surface area contributed by atoms with E-state index < -0.39 is 0 Å². The number of rotatable bonds is 3. The summed E-state index contributed by atoms with van der Waals surface area (Å²) in [6, 6.07) is 11.9. The lowest BCUT2D eigenvalue weighted by Crippen LogP contribution is -2.26. The van der Waals surface area contributed by atoms with Gasteiger partial charge in [-0.25, -0.2) is 5.01 Å². The lowest BCUT2D eigenvalue weighted by Gasteiger charge is -2.21. The SMILES string of the molecule is O=C(c1ccco1)N1N=C(c2ccsc2)CC1c1ccccc1O. The molecule has 0 saturated heterocycles. The molecule has 3 aromatic rings. The zero-order valence-corrected chi connectivity index (χ0v) is 13.4. The van der Waals surface area contributed by atoms with Crippen LogP contribution in [0.3, 0.4) is 0 Å². The number of hydrogen-bond donors (Lipinski definition) is 1. The van der Waals surface area contributed by atoms with Gasteiger partial charge in [-0.3, -0.25) is 4.79 Å². The van der Waals surface area contributed by atoms with Gasteiger partial charge in [0.2, 0.25) is 0 Å². The predicted molar refractivity (Wildman–Crippen MR) is 91.2 cm³/mol. The van der Waals surface area contributed by atoms with E-state index >= 15 is 0 Å². The zero-order valence-electron chi connectivity index (χ0n) is 12.6. The molecule has 5 nitrogen and oxygen atoms in total. The molecule has 1 N–H and O–H groups in total. The summed E-state index contributed by atoms with van der Waals surface area (Å²) in [4.78, 5) is 12.8. The Balaban J connectivity index is 1.75. The lowest BCUT2D eigenvalue weighted by molar-refractivity contribution is 0.0677. The van der Waals surface area contributed by atoms with Crippen LogP contribution in [0.1, 0.15) is 34.1 Å². The van der Waals surface area contributed by atoms with Crippen LogP contribution in [0.5, 0.6) is 5.75 Å². The van der Waals surface area contributed by atoms with Crippen molar-refractivity contribution in [1.29, 1.82) is 0 Å². The van der Waals surface area contributed by atoms with Gasteiger partial charge in [0.25, 0.3) is 0 Å². The first-order chi connectivity index (χ1) is 11.7. The van der Waals surface area contributed by atoms with Crippen LogP contribution in [0, 0.1) is 0 Å². The highest BCUT2D eigenvalue weighted by Crippen LogP contribution is 2.37. The monoisotopic (exact) mass is 338 g/mol. The Morgan fingerprint density at radius 2 is 2.12 bits per heavy atom. The van der Waals surface area contributed by atoms with Crippen LogP contribution >= 0.6 is 11.3 Å². The highest BCUT2D eigenvalue weighted by atomic mass is 32.1. The fourth-order valence-corrected chi connectivity index (χ4v) is 3.49. The van der Waals surface area contributed by atoms with Gasteiger partial charge in [0.1, 0.15) is 5.75 Å². The third-order valence-electron chi connectivity index (χ3n) is 4.00. The molecule has 1 aliphatic rings. The van der Waals surface area contributed by atoms with Crippen molar-refractivity contribution in [2.24, 2.45) is 5.10 Å². The molecule has 1 amide bonds. The van der Waals surface area contributed by atoms with Crippen molar-refractivity contribution in [3.63, 3.8) is 0 Å². The summed E-state index contributed by atoms with van der Waals surface area (Å²) in [5.74, 6) is 0.0609. The average molecular weight is 338 g/mol. The Labute approximate surface area is 142 Å². The van der Waals surface area contributed by atoms with E-state index in [-0.39, 0.29) is 23.5 Å². The van der Waals surface area contributed by atoms with Gasteiger partial charge in [-0.1, -0.05) is 18.2 Å². The normalized spacial score (nSPS) is 17.1. The van der Waals surface area contributed by atoms with Crippen molar-refractivity contribution < 1.29 is 14.3 Å². The minimum Gasteiger partial charge on any atom is -0.508 e. The second kappa shape index (κ2) is 5.98. The third-order valence-corrected chi connectivity index (χ3v) is 4.68. The van der Waals surface area contributed by atoms with E-state index in [2.05, 4.69) is 5.10 Å². The smallest absolute Gasteiger partial charge is 0.310 e. The highest BCUT2D eigenvalue weighted by Gasteiger charge is 2.36. The quantitative estimate of drug-likeness (QED) is 0.784. The summed E-state index contributed by atoms with van der Waals surface area (Å²) in [6.07, 6.45) is 2.00. The van der Waals surface area contributed by atoms with Gasteiger partial charge in [0.15, 0.2) is 5.76 Å². The molecule has 0 fully saturated rings. The largest absolute Gasteiger partial charge is 0.508 e. The van der Waals surface area contributed by atoms with E-state index in [0.29, 0.717) is 12.0 Å². The average Bonchev–Trinajstić information content (AvgIpc) is 3.34. The summed E-state index contributed by atoms with van der Waals surface area (Å²) in [6.45, 7) is 0. The topological polar surface area (TPSA) is 66.0 Å². The van der Waals surface area contributed by atoms with E-state index in [1.807, 2.05) is 29.0 Å². The number of benzene rings is 1. The van der Waals surface area contributed by atoms with Gasteiger partial charge in [0.05, 0.1) is 18.0 Å². The molecule has 24 heavy (non-hydrogen) atoms. The molecule has 6 heteroatoms. The number of phenols is 1. The number of aromatic hydroxyl groups is 1. The molecule has 0 saturated carbocycles. The van der Waals surface area contributed by atoms with E-state index in [9.17, 15) is 9.90 Å². The fraction of sp³-hybridized carbons (Fsp3) is 0.111. The van der Waals surface area contributed by atoms with Crippen LogP contribution in [-0.2, 0) is 0 Å². The molecule has 2 aromatic heterocycles. The van der Waals surface area contributed by atoms with Gasteiger partial charge in [-0.2, -0.15) is 16.4 Å². The minimum atomic E-state index is -0.362. The van der Waals surface area contributed by atoms with Gasteiger partial charge < -0.3 is 9.52 Å². The molecule has 1 aliphatic heterocycles. The van der Waals surface area contributed by atoms with Crippen LogP contribution in [0.2, 0.25) is 0 Å². The maximum Gasteiger partial charge on any atom is 0.310 e. The van der Waals surface area contributed by atoms with Gasteiger partial charge in [0, 0.05) is 17.5 Å². The first kappa shape index (κ1) is 14.7. The molecule has 120 valence electrons. The molecule has 4 rings (SSSR count). The number of carbonyl (C=O) groups excluding carboxylic acids is 1. The van der Waals surface area contributed by atoms with Crippen molar-refractivity contribution in [2.45, 2.75) is 12.5 Å². The molecule has 0 aliphatic carbocycles. The Morgan fingerprint density at radius 3 is 2.83 bits per heavy atom. The number of phenolic OH excluding ortho intramolecular Hbond substituents is 1. The summed E-state index contributed by atoms with van der Waals surface area (Å²) in [5.41, 5.74) is 2.49. The molecular formula is C18H14N2O3S. The third kappa shape index (κ3) is 2.51. The van der Waals surface area contributed by atoms with Crippen molar-refractivity contribution in [3.05, 3.63) is 76.4 Å². The number of amides is 1. The van der Waals surface area contributed by atoms with Crippen molar-refractivity contribution in [1.82, 2.24) is 5.01 Å². The standard InChI is InChI=1S/C18H14N2O3S/c21-16-5-2-1-4-13(16)15-10-14(12-7-9-24-11-12)19-20(15)18(22)17-6-3-8-23-17/h1-9,11,15,21H,10H2. The van der Waals surface area contributed by atoms with Crippen molar-refractivity contribution >= 4 is 23.0 Å². The molecular weight excluding hydrogens is 324 g/mol. The first-order valence-corrected chi connectivity index (χ1v) is 8.43. The van der Waals surface area contributed by atoms with Crippen LogP contribution in [0.4, 0.5) is 0 Å². The van der Waals surface area contributed by atoms with Gasteiger partial charge in [-0.05, 0) is 35.0 Å². The zero-order chi connectivity index (χ0) is 16.5. The summed E-state index contributed by atoms with van der Waals surface area (Å²) < 4.78 is 5.23. The van der Waals surface area contributed by atoms with Crippen LogP contribution in [-0.4, -0.2) is 21.7 Å². The summed E-state index contributed by atoms with van der Waals surface area (Å²) in [5, 5.41) is 20.1. The number of carbonyl (C=O) groups is 1.